The van der Waals surface area contributed by atoms with Crippen LogP contribution in [0.3, 0.4) is 0 Å². The maximum Gasteiger partial charge on any atom is 0.433 e. The van der Waals surface area contributed by atoms with Crippen molar-refractivity contribution in [2.45, 2.75) is 6.18 Å². The molecular formula is C12H20F3N5. The van der Waals surface area contributed by atoms with Crippen LogP contribution >= 0.6 is 0 Å². The normalized spacial score (nSPS) is 11.8. The van der Waals surface area contributed by atoms with E-state index in [0.717, 1.165) is 6.07 Å². The Morgan fingerprint density at radius 1 is 1.00 bits per heavy atom. The fourth-order valence-electron chi connectivity index (χ4n) is 1.42. The number of hydrogen-bond donors (Lipinski definition) is 0. The molecule has 0 aromatic carbocycles. The van der Waals surface area contributed by atoms with Crippen molar-refractivity contribution in [3.63, 3.8) is 0 Å². The quantitative estimate of drug-likeness (QED) is 0.822. The maximum absolute atomic E-state index is 12.9. The molecule has 5 nitrogen and oxygen atoms in total. The molecule has 0 amide bonds. The van der Waals surface area contributed by atoms with Crippen LogP contribution in [0.1, 0.15) is 5.69 Å². The van der Waals surface area contributed by atoms with Crippen molar-refractivity contribution in [1.29, 1.82) is 0 Å². The standard InChI is InChI=1S/C12H20F3N5/c1-18(2)6-7-20(5)11-16-9(12(13,14)15)8-10(17-11)19(3)4/h8H,6-7H2,1-5H3. The van der Waals surface area contributed by atoms with Gasteiger partial charge in [-0.15, -0.1) is 0 Å². The Hall–Kier alpha value is -1.57. The number of rotatable bonds is 5. The molecule has 0 radical (unpaired) electrons. The van der Waals surface area contributed by atoms with Gasteiger partial charge in [0.15, 0.2) is 5.69 Å². The van der Waals surface area contributed by atoms with E-state index in [1.165, 1.54) is 4.90 Å². The number of alkyl halides is 3. The Kier molecular flexibility index (Phi) is 5.15. The van der Waals surface area contributed by atoms with E-state index in [9.17, 15) is 13.2 Å². The molecule has 0 spiro atoms. The maximum atomic E-state index is 12.9. The van der Waals surface area contributed by atoms with E-state index in [4.69, 9.17) is 0 Å². The molecule has 1 heterocycles. The third kappa shape index (κ3) is 4.52. The molecule has 0 saturated heterocycles. The number of anilines is 2. The average Bonchev–Trinajstić information content (AvgIpc) is 2.34. The highest BCUT2D eigenvalue weighted by Gasteiger charge is 2.34. The van der Waals surface area contributed by atoms with Crippen LogP contribution in [-0.2, 0) is 6.18 Å². The van der Waals surface area contributed by atoms with Gasteiger partial charge >= 0.3 is 6.18 Å². The highest BCUT2D eigenvalue weighted by Crippen LogP contribution is 2.30. The zero-order valence-corrected chi connectivity index (χ0v) is 12.4. The van der Waals surface area contributed by atoms with Gasteiger partial charge < -0.3 is 14.7 Å². The SMILES string of the molecule is CN(C)CCN(C)c1nc(N(C)C)cc(C(F)(F)F)n1. The van der Waals surface area contributed by atoms with Gasteiger partial charge in [-0.25, -0.2) is 4.98 Å². The molecule has 0 fully saturated rings. The third-order valence-electron chi connectivity index (χ3n) is 2.67. The fraction of sp³-hybridized carbons (Fsp3) is 0.667. The van der Waals surface area contributed by atoms with E-state index in [1.807, 2.05) is 19.0 Å². The first-order valence-electron chi connectivity index (χ1n) is 6.10. The van der Waals surface area contributed by atoms with Crippen LogP contribution in [0.25, 0.3) is 0 Å². The lowest BCUT2D eigenvalue weighted by Crippen LogP contribution is -2.30. The van der Waals surface area contributed by atoms with Crippen LogP contribution in [0.2, 0.25) is 0 Å². The summed E-state index contributed by atoms with van der Waals surface area (Å²) < 4.78 is 38.6. The molecule has 0 saturated carbocycles. The van der Waals surface area contributed by atoms with Crippen molar-refractivity contribution in [3.05, 3.63) is 11.8 Å². The van der Waals surface area contributed by atoms with Gasteiger partial charge in [0.05, 0.1) is 0 Å². The minimum atomic E-state index is -4.48. The Labute approximate surface area is 117 Å². The van der Waals surface area contributed by atoms with Gasteiger partial charge in [0.1, 0.15) is 5.82 Å². The van der Waals surface area contributed by atoms with Gasteiger partial charge in [-0.1, -0.05) is 0 Å². The van der Waals surface area contributed by atoms with Crippen LogP contribution in [-0.4, -0.2) is 63.2 Å². The zero-order chi connectivity index (χ0) is 15.5. The molecular weight excluding hydrogens is 271 g/mol. The van der Waals surface area contributed by atoms with Crippen LogP contribution in [0.4, 0.5) is 24.9 Å². The second-order valence-corrected chi connectivity index (χ2v) is 5.03. The van der Waals surface area contributed by atoms with Gasteiger partial charge in [-0.05, 0) is 14.1 Å². The molecule has 1 aromatic rings. The Morgan fingerprint density at radius 2 is 1.60 bits per heavy atom. The molecule has 0 bridgehead atoms. The van der Waals surface area contributed by atoms with Gasteiger partial charge in [0, 0.05) is 40.3 Å². The molecule has 0 atom stereocenters. The minimum absolute atomic E-state index is 0.0744. The molecule has 114 valence electrons. The van der Waals surface area contributed by atoms with E-state index in [1.54, 1.807) is 26.0 Å². The van der Waals surface area contributed by atoms with Crippen molar-refractivity contribution in [1.82, 2.24) is 14.9 Å². The summed E-state index contributed by atoms with van der Waals surface area (Å²) in [7, 11) is 8.76. The molecule has 20 heavy (non-hydrogen) atoms. The lowest BCUT2D eigenvalue weighted by molar-refractivity contribution is -0.141. The van der Waals surface area contributed by atoms with Gasteiger partial charge in [0.25, 0.3) is 0 Å². The highest BCUT2D eigenvalue weighted by molar-refractivity contribution is 5.45. The number of hydrogen-bond acceptors (Lipinski definition) is 5. The van der Waals surface area contributed by atoms with E-state index in [0.29, 0.717) is 13.1 Å². The first kappa shape index (κ1) is 16.5. The summed E-state index contributed by atoms with van der Waals surface area (Å²) in [4.78, 5) is 12.8. The van der Waals surface area contributed by atoms with E-state index in [-0.39, 0.29) is 11.8 Å². The predicted molar refractivity (Wildman–Crippen MR) is 73.2 cm³/mol. The van der Waals surface area contributed by atoms with Crippen molar-refractivity contribution in [2.75, 3.05) is 58.1 Å². The fourth-order valence-corrected chi connectivity index (χ4v) is 1.42. The van der Waals surface area contributed by atoms with Crippen molar-refractivity contribution >= 4 is 11.8 Å². The second kappa shape index (κ2) is 6.25. The van der Waals surface area contributed by atoms with Gasteiger partial charge in [-0.2, -0.15) is 18.2 Å². The summed E-state index contributed by atoms with van der Waals surface area (Å²) in [5, 5.41) is 0. The average molecular weight is 291 g/mol. The van der Waals surface area contributed by atoms with Gasteiger partial charge in [-0.3, -0.25) is 0 Å². The van der Waals surface area contributed by atoms with Crippen molar-refractivity contribution in [2.24, 2.45) is 0 Å². The summed E-state index contributed by atoms with van der Waals surface area (Å²) in [5.41, 5.74) is -0.928. The first-order chi connectivity index (χ1) is 9.11. The van der Waals surface area contributed by atoms with Crippen LogP contribution in [0.15, 0.2) is 6.07 Å². The highest BCUT2D eigenvalue weighted by atomic mass is 19.4. The molecule has 1 aromatic heterocycles. The van der Waals surface area contributed by atoms with E-state index < -0.39 is 11.9 Å². The second-order valence-electron chi connectivity index (χ2n) is 5.03. The smallest absolute Gasteiger partial charge is 0.363 e. The molecule has 0 N–H and O–H groups in total. The van der Waals surface area contributed by atoms with Crippen molar-refractivity contribution in [3.8, 4) is 0 Å². The minimum Gasteiger partial charge on any atom is -0.363 e. The summed E-state index contributed by atoms with van der Waals surface area (Å²) >= 11 is 0. The number of likely N-dealkylation sites (N-methyl/N-ethyl adjacent to an activating group) is 2. The molecule has 0 aliphatic rings. The Balaban J connectivity index is 3.09. The summed E-state index contributed by atoms with van der Waals surface area (Å²) in [6.45, 7) is 1.24. The number of aromatic nitrogens is 2. The predicted octanol–water partition coefficient (Wildman–Crippen LogP) is 1.56. The zero-order valence-electron chi connectivity index (χ0n) is 12.4. The summed E-state index contributed by atoms with van der Waals surface area (Å²) in [6.07, 6.45) is -4.48. The Morgan fingerprint density at radius 3 is 2.05 bits per heavy atom. The molecule has 1 rings (SSSR count). The molecule has 0 aliphatic carbocycles. The van der Waals surface area contributed by atoms with Gasteiger partial charge in [0.2, 0.25) is 5.95 Å². The van der Waals surface area contributed by atoms with Crippen LogP contribution in [0.5, 0.6) is 0 Å². The molecule has 8 heteroatoms. The lowest BCUT2D eigenvalue weighted by atomic mass is 10.3. The summed E-state index contributed by atoms with van der Waals surface area (Å²) in [5.74, 6) is 0.310. The third-order valence-corrected chi connectivity index (χ3v) is 2.67. The largest absolute Gasteiger partial charge is 0.433 e. The van der Waals surface area contributed by atoms with E-state index in [2.05, 4.69) is 9.97 Å². The van der Waals surface area contributed by atoms with Crippen LogP contribution in [0, 0.1) is 0 Å². The monoisotopic (exact) mass is 291 g/mol. The molecule has 0 unspecified atom stereocenters. The van der Waals surface area contributed by atoms with Crippen molar-refractivity contribution < 1.29 is 13.2 Å². The number of halogens is 3. The lowest BCUT2D eigenvalue weighted by Gasteiger charge is -2.22. The number of nitrogens with zero attached hydrogens (tertiary/aromatic N) is 5. The summed E-state index contributed by atoms with van der Waals surface area (Å²) in [6, 6.07) is 0.948. The first-order valence-corrected chi connectivity index (χ1v) is 6.10. The van der Waals surface area contributed by atoms with Crippen LogP contribution < -0.4 is 9.80 Å². The Bertz CT molecular complexity index is 445. The van der Waals surface area contributed by atoms with E-state index >= 15 is 0 Å². The molecule has 0 aliphatic heterocycles. The topological polar surface area (TPSA) is 35.5 Å².